The molecule has 1 aromatic heterocycles. The van der Waals surface area contributed by atoms with E-state index < -0.39 is 0 Å². The van der Waals surface area contributed by atoms with E-state index in [0.717, 1.165) is 28.8 Å². The number of halogens is 1. The van der Waals surface area contributed by atoms with Gasteiger partial charge in [-0.05, 0) is 60.4 Å². The number of thiophene rings is 1. The van der Waals surface area contributed by atoms with Crippen LogP contribution >= 0.6 is 11.3 Å². The van der Waals surface area contributed by atoms with E-state index in [-0.39, 0.29) is 23.7 Å². The molecule has 4 rings (SSSR count). The first-order chi connectivity index (χ1) is 14.0. The third-order valence-corrected chi connectivity index (χ3v) is 6.11. The molecule has 3 aromatic rings. The first-order valence-electron chi connectivity index (χ1n) is 9.53. The molecule has 4 nitrogen and oxygen atoms in total. The van der Waals surface area contributed by atoms with E-state index >= 15 is 0 Å². The molecule has 29 heavy (non-hydrogen) atoms. The lowest BCUT2D eigenvalue weighted by atomic mass is 10.1. The van der Waals surface area contributed by atoms with Gasteiger partial charge in [-0.2, -0.15) is 0 Å². The summed E-state index contributed by atoms with van der Waals surface area (Å²) < 4.78 is 13.2. The van der Waals surface area contributed by atoms with Crippen LogP contribution in [0.3, 0.4) is 0 Å². The summed E-state index contributed by atoms with van der Waals surface area (Å²) in [7, 11) is 1.60. The zero-order valence-electron chi connectivity index (χ0n) is 16.0. The van der Waals surface area contributed by atoms with Crippen molar-refractivity contribution < 1.29 is 14.0 Å². The van der Waals surface area contributed by atoms with Crippen LogP contribution in [-0.4, -0.2) is 29.8 Å². The Balaban J connectivity index is 1.51. The second kappa shape index (κ2) is 8.17. The Morgan fingerprint density at radius 1 is 1.03 bits per heavy atom. The molecule has 0 saturated heterocycles. The van der Waals surface area contributed by atoms with E-state index in [1.54, 1.807) is 31.3 Å². The molecule has 0 unspecified atom stereocenters. The van der Waals surface area contributed by atoms with E-state index in [0.29, 0.717) is 17.0 Å². The molecule has 1 heterocycles. The van der Waals surface area contributed by atoms with Gasteiger partial charge in [-0.3, -0.25) is 9.59 Å². The van der Waals surface area contributed by atoms with Gasteiger partial charge in [0.15, 0.2) is 0 Å². The Kier molecular flexibility index (Phi) is 5.45. The van der Waals surface area contributed by atoms with E-state index in [2.05, 4.69) is 5.32 Å². The van der Waals surface area contributed by atoms with Crippen LogP contribution in [0.15, 0.2) is 60.7 Å². The third-order valence-electron chi connectivity index (χ3n) is 4.99. The first-order valence-corrected chi connectivity index (χ1v) is 10.3. The number of amides is 2. The lowest BCUT2D eigenvalue weighted by Crippen LogP contribution is -2.32. The highest BCUT2D eigenvalue weighted by atomic mass is 32.1. The van der Waals surface area contributed by atoms with Crippen LogP contribution in [0.1, 0.15) is 38.4 Å². The number of hydrogen-bond acceptors (Lipinski definition) is 3. The Hall–Kier alpha value is -2.99. The molecule has 0 spiro atoms. The first kappa shape index (κ1) is 19.3. The topological polar surface area (TPSA) is 49.4 Å². The van der Waals surface area contributed by atoms with Crippen LogP contribution in [0.4, 0.5) is 4.39 Å². The maximum Gasteiger partial charge on any atom is 0.264 e. The zero-order chi connectivity index (χ0) is 20.4. The van der Waals surface area contributed by atoms with Crippen molar-refractivity contribution in [2.24, 2.45) is 0 Å². The highest BCUT2D eigenvalue weighted by Gasteiger charge is 2.33. The predicted molar refractivity (Wildman–Crippen MR) is 112 cm³/mol. The molecule has 6 heteroatoms. The Morgan fingerprint density at radius 3 is 2.34 bits per heavy atom. The average Bonchev–Trinajstić information content (AvgIpc) is 3.47. The molecule has 0 radical (unpaired) electrons. The minimum absolute atomic E-state index is 0.0150. The summed E-state index contributed by atoms with van der Waals surface area (Å²) in [6.07, 6.45) is 2.02. The van der Waals surface area contributed by atoms with E-state index in [4.69, 9.17) is 0 Å². The van der Waals surface area contributed by atoms with Gasteiger partial charge in [0.1, 0.15) is 5.82 Å². The largest absolute Gasteiger partial charge is 0.355 e. The molecule has 0 aliphatic heterocycles. The van der Waals surface area contributed by atoms with Gasteiger partial charge in [0.2, 0.25) is 0 Å². The van der Waals surface area contributed by atoms with E-state index in [9.17, 15) is 14.0 Å². The van der Waals surface area contributed by atoms with Gasteiger partial charge in [-0.1, -0.05) is 24.3 Å². The molecule has 0 bridgehead atoms. The molecular weight excluding hydrogens is 387 g/mol. The summed E-state index contributed by atoms with van der Waals surface area (Å²) in [6.45, 7) is 0.515. The molecule has 148 valence electrons. The maximum absolute atomic E-state index is 13.2. The molecule has 1 N–H and O–H groups in total. The van der Waals surface area contributed by atoms with Crippen LogP contribution in [0.5, 0.6) is 0 Å². The molecule has 2 aromatic carbocycles. The van der Waals surface area contributed by atoms with E-state index in [1.165, 1.54) is 23.5 Å². The van der Waals surface area contributed by atoms with Crippen molar-refractivity contribution in [2.75, 3.05) is 7.05 Å². The summed E-state index contributed by atoms with van der Waals surface area (Å²) in [5, 5.41) is 2.61. The van der Waals surface area contributed by atoms with Crippen LogP contribution in [0.25, 0.3) is 10.4 Å². The average molecular weight is 408 g/mol. The fourth-order valence-corrected chi connectivity index (χ4v) is 4.19. The van der Waals surface area contributed by atoms with Gasteiger partial charge in [0.05, 0.1) is 4.88 Å². The number of benzene rings is 2. The van der Waals surface area contributed by atoms with Crippen LogP contribution in [0, 0.1) is 5.82 Å². The molecule has 1 saturated carbocycles. The summed E-state index contributed by atoms with van der Waals surface area (Å²) in [4.78, 5) is 28.4. The minimum atomic E-state index is -0.274. The van der Waals surface area contributed by atoms with Crippen LogP contribution < -0.4 is 5.32 Å². The zero-order valence-corrected chi connectivity index (χ0v) is 16.8. The van der Waals surface area contributed by atoms with Gasteiger partial charge < -0.3 is 10.2 Å². The Bertz CT molecular complexity index is 1020. The highest BCUT2D eigenvalue weighted by Crippen LogP contribution is 2.33. The SMILES string of the molecule is CNC(=O)c1ccc(CN(C(=O)c2ccc(-c3ccc(F)cc3)s2)C2CC2)cc1. The van der Waals surface area contributed by atoms with Crippen molar-refractivity contribution >= 4 is 23.2 Å². The quantitative estimate of drug-likeness (QED) is 0.642. The number of hydrogen-bond donors (Lipinski definition) is 1. The van der Waals surface area contributed by atoms with Crippen molar-refractivity contribution in [2.45, 2.75) is 25.4 Å². The number of carbonyl (C=O) groups is 2. The standard InChI is InChI=1S/C23H21FN2O2S/c1-25-22(27)17-4-2-15(3-5-17)14-26(19-10-11-19)23(28)21-13-12-20(29-21)16-6-8-18(24)9-7-16/h2-9,12-13,19H,10-11,14H2,1H3,(H,25,27). The normalized spacial score (nSPS) is 13.2. The molecule has 0 atom stereocenters. The predicted octanol–water partition coefficient (Wildman–Crippen LogP) is 4.72. The van der Waals surface area contributed by atoms with Crippen LogP contribution in [0.2, 0.25) is 0 Å². The monoisotopic (exact) mass is 408 g/mol. The lowest BCUT2D eigenvalue weighted by Gasteiger charge is -2.22. The van der Waals surface area contributed by atoms with E-state index in [1.807, 2.05) is 29.2 Å². The second-order valence-electron chi connectivity index (χ2n) is 7.11. The van der Waals surface area contributed by atoms with Crippen molar-refractivity contribution in [1.29, 1.82) is 0 Å². The Morgan fingerprint density at radius 2 is 1.72 bits per heavy atom. The van der Waals surface area contributed by atoms with Gasteiger partial charge in [0, 0.05) is 30.1 Å². The van der Waals surface area contributed by atoms with Gasteiger partial charge in [-0.15, -0.1) is 11.3 Å². The summed E-state index contributed by atoms with van der Waals surface area (Å²) in [6, 6.07) is 17.7. The fraction of sp³-hybridized carbons (Fsp3) is 0.217. The summed E-state index contributed by atoms with van der Waals surface area (Å²) >= 11 is 1.43. The fourth-order valence-electron chi connectivity index (χ4n) is 3.22. The molecular formula is C23H21FN2O2S. The summed E-state index contributed by atoms with van der Waals surface area (Å²) in [5.41, 5.74) is 2.49. The highest BCUT2D eigenvalue weighted by molar-refractivity contribution is 7.17. The van der Waals surface area contributed by atoms with Crippen molar-refractivity contribution in [3.05, 3.63) is 82.5 Å². The van der Waals surface area contributed by atoms with Gasteiger partial charge in [0.25, 0.3) is 11.8 Å². The number of nitrogens with zero attached hydrogens (tertiary/aromatic N) is 1. The number of nitrogens with one attached hydrogen (secondary N) is 1. The van der Waals surface area contributed by atoms with Crippen molar-refractivity contribution in [1.82, 2.24) is 10.2 Å². The third kappa shape index (κ3) is 4.38. The summed E-state index contributed by atoms with van der Waals surface area (Å²) in [5.74, 6) is -0.385. The van der Waals surface area contributed by atoms with Gasteiger partial charge >= 0.3 is 0 Å². The van der Waals surface area contributed by atoms with Gasteiger partial charge in [-0.25, -0.2) is 4.39 Å². The van der Waals surface area contributed by atoms with Crippen molar-refractivity contribution in [3.8, 4) is 10.4 Å². The second-order valence-corrected chi connectivity index (χ2v) is 8.19. The molecule has 1 fully saturated rings. The maximum atomic E-state index is 13.2. The lowest BCUT2D eigenvalue weighted by molar-refractivity contribution is 0.0734. The number of rotatable bonds is 6. The molecule has 1 aliphatic carbocycles. The number of carbonyl (C=O) groups excluding carboxylic acids is 2. The Labute approximate surface area is 173 Å². The van der Waals surface area contributed by atoms with Crippen molar-refractivity contribution in [3.63, 3.8) is 0 Å². The molecule has 1 aliphatic rings. The van der Waals surface area contributed by atoms with Crippen LogP contribution in [-0.2, 0) is 6.54 Å². The molecule has 2 amide bonds. The minimum Gasteiger partial charge on any atom is -0.355 e. The smallest absolute Gasteiger partial charge is 0.264 e.